The third-order valence-corrected chi connectivity index (χ3v) is 4.98. The number of benzene rings is 1. The molecule has 98 valence electrons. The topological polar surface area (TPSA) is 51.2 Å². The average Bonchev–Trinajstić information content (AvgIpc) is 2.77. The van der Waals surface area contributed by atoms with Gasteiger partial charge in [0.1, 0.15) is 5.75 Å². The number of methoxy groups -OCH3 is 1. The zero-order valence-electron chi connectivity index (χ0n) is 10.6. The van der Waals surface area contributed by atoms with Crippen molar-refractivity contribution in [3.8, 4) is 5.75 Å². The van der Waals surface area contributed by atoms with Crippen LogP contribution >= 0.6 is 11.3 Å². The molecule has 0 radical (unpaired) electrons. The number of anilines is 1. The molecule has 0 aliphatic carbocycles. The highest BCUT2D eigenvalue weighted by Crippen LogP contribution is 2.29. The molecule has 1 N–H and O–H groups in total. The Morgan fingerprint density at radius 1 is 1.56 bits per heavy atom. The smallest absolute Gasteiger partial charge is 0.183 e. The number of aromatic nitrogens is 1. The van der Waals surface area contributed by atoms with Gasteiger partial charge in [0.25, 0.3) is 0 Å². The first-order valence-electron chi connectivity index (χ1n) is 5.61. The summed E-state index contributed by atoms with van der Waals surface area (Å²) in [5.74, 6) is 0.834. The summed E-state index contributed by atoms with van der Waals surface area (Å²) >= 11 is 1.58. The molecule has 0 fully saturated rings. The van der Waals surface area contributed by atoms with Gasteiger partial charge in [0.15, 0.2) is 5.13 Å². The summed E-state index contributed by atoms with van der Waals surface area (Å²) in [6.45, 7) is 2.62. The van der Waals surface area contributed by atoms with E-state index in [1.807, 2.05) is 25.1 Å². The van der Waals surface area contributed by atoms with Crippen molar-refractivity contribution in [2.75, 3.05) is 25.2 Å². The Labute approximate surface area is 113 Å². The van der Waals surface area contributed by atoms with Crippen molar-refractivity contribution in [1.82, 2.24) is 4.98 Å². The number of hydrogen-bond donors (Lipinski definition) is 1. The highest BCUT2D eigenvalue weighted by molar-refractivity contribution is 7.84. The van der Waals surface area contributed by atoms with E-state index in [2.05, 4.69) is 10.3 Å². The van der Waals surface area contributed by atoms with E-state index in [4.69, 9.17) is 4.74 Å². The van der Waals surface area contributed by atoms with Crippen molar-refractivity contribution in [3.05, 3.63) is 18.2 Å². The van der Waals surface area contributed by atoms with E-state index in [0.717, 1.165) is 21.1 Å². The Morgan fingerprint density at radius 3 is 3.00 bits per heavy atom. The standard InChI is InChI=1S/C12H16N2O2S2/c1-8(18(3)15)7-13-12-14-10-5-4-9(16-2)6-11(10)17-12/h4-6,8H,7H2,1-3H3,(H,13,14). The van der Waals surface area contributed by atoms with Crippen LogP contribution < -0.4 is 10.1 Å². The first-order chi connectivity index (χ1) is 8.60. The van der Waals surface area contributed by atoms with Gasteiger partial charge in [-0.3, -0.25) is 4.21 Å². The lowest BCUT2D eigenvalue weighted by Gasteiger charge is -2.07. The number of fused-ring (bicyclic) bond motifs is 1. The quantitative estimate of drug-likeness (QED) is 0.916. The minimum atomic E-state index is -0.812. The largest absolute Gasteiger partial charge is 0.497 e. The predicted molar refractivity (Wildman–Crippen MR) is 78.2 cm³/mol. The monoisotopic (exact) mass is 284 g/mol. The first-order valence-corrected chi connectivity index (χ1v) is 8.04. The normalized spacial score (nSPS) is 14.4. The van der Waals surface area contributed by atoms with Crippen molar-refractivity contribution >= 4 is 37.5 Å². The van der Waals surface area contributed by atoms with Crippen LogP contribution in [0.4, 0.5) is 5.13 Å². The lowest BCUT2D eigenvalue weighted by molar-refractivity contribution is 0.415. The maximum absolute atomic E-state index is 11.3. The van der Waals surface area contributed by atoms with Crippen LogP contribution in [0.1, 0.15) is 6.92 Å². The maximum atomic E-state index is 11.3. The van der Waals surface area contributed by atoms with Crippen LogP contribution in [-0.2, 0) is 10.8 Å². The molecule has 2 aromatic rings. The van der Waals surface area contributed by atoms with Gasteiger partial charge in [-0.15, -0.1) is 0 Å². The fourth-order valence-corrected chi connectivity index (χ4v) is 2.68. The molecule has 0 spiro atoms. The van der Waals surface area contributed by atoms with Gasteiger partial charge in [0.2, 0.25) is 0 Å². The number of nitrogens with zero attached hydrogens (tertiary/aromatic N) is 1. The number of ether oxygens (including phenoxy) is 1. The van der Waals surface area contributed by atoms with Crippen molar-refractivity contribution in [2.24, 2.45) is 0 Å². The Balaban J connectivity index is 2.12. The highest BCUT2D eigenvalue weighted by Gasteiger charge is 2.08. The van der Waals surface area contributed by atoms with Crippen LogP contribution in [0.2, 0.25) is 0 Å². The molecule has 0 saturated heterocycles. The number of rotatable bonds is 5. The third kappa shape index (κ3) is 3.00. The fraction of sp³-hybridized carbons (Fsp3) is 0.417. The molecule has 4 nitrogen and oxygen atoms in total. The van der Waals surface area contributed by atoms with Crippen LogP contribution in [0.3, 0.4) is 0 Å². The van der Waals surface area contributed by atoms with Crippen LogP contribution in [0, 0.1) is 0 Å². The maximum Gasteiger partial charge on any atom is 0.183 e. The summed E-state index contributed by atoms with van der Waals surface area (Å²) in [6.07, 6.45) is 1.72. The molecule has 0 bridgehead atoms. The molecule has 1 heterocycles. The Hall–Kier alpha value is -1.14. The van der Waals surface area contributed by atoms with Crippen LogP contribution in [0.25, 0.3) is 10.2 Å². The highest BCUT2D eigenvalue weighted by atomic mass is 32.2. The summed E-state index contributed by atoms with van der Waals surface area (Å²) in [7, 11) is 0.840. The van der Waals surface area contributed by atoms with Gasteiger partial charge < -0.3 is 10.1 Å². The molecule has 0 aliphatic heterocycles. The molecular formula is C12H16N2O2S2. The molecule has 0 aliphatic rings. The van der Waals surface area contributed by atoms with Crippen LogP contribution in [-0.4, -0.2) is 34.4 Å². The van der Waals surface area contributed by atoms with E-state index >= 15 is 0 Å². The van der Waals surface area contributed by atoms with Gasteiger partial charge in [-0.2, -0.15) is 0 Å². The Kier molecular flexibility index (Phi) is 4.19. The second-order valence-corrected chi connectivity index (χ2v) is 6.88. The molecule has 6 heteroatoms. The fourth-order valence-electron chi connectivity index (χ4n) is 1.46. The van der Waals surface area contributed by atoms with Crippen molar-refractivity contribution in [1.29, 1.82) is 0 Å². The summed E-state index contributed by atoms with van der Waals surface area (Å²) in [4.78, 5) is 4.47. The van der Waals surface area contributed by atoms with E-state index in [-0.39, 0.29) is 5.25 Å². The number of hydrogen-bond acceptors (Lipinski definition) is 5. The minimum absolute atomic E-state index is 0.117. The summed E-state index contributed by atoms with van der Waals surface area (Å²) in [6, 6.07) is 5.81. The SMILES string of the molecule is COc1ccc2nc(NCC(C)S(C)=O)sc2c1. The number of thiazole rings is 1. The molecule has 18 heavy (non-hydrogen) atoms. The predicted octanol–water partition coefficient (Wildman–Crippen LogP) is 2.48. The molecule has 0 saturated carbocycles. The zero-order valence-corrected chi connectivity index (χ0v) is 12.2. The third-order valence-electron chi connectivity index (χ3n) is 2.70. The molecule has 0 amide bonds. The van der Waals surface area contributed by atoms with Crippen molar-refractivity contribution < 1.29 is 8.95 Å². The van der Waals surface area contributed by atoms with Gasteiger partial charge in [-0.05, 0) is 25.1 Å². The summed E-state index contributed by atoms with van der Waals surface area (Å²) in [5.41, 5.74) is 0.952. The molecule has 1 aromatic carbocycles. The van der Waals surface area contributed by atoms with E-state index < -0.39 is 10.8 Å². The van der Waals surface area contributed by atoms with E-state index in [9.17, 15) is 4.21 Å². The van der Waals surface area contributed by atoms with Gasteiger partial charge >= 0.3 is 0 Å². The lowest BCUT2D eigenvalue weighted by Crippen LogP contribution is -2.20. The molecule has 2 atom stereocenters. The van der Waals surface area contributed by atoms with Gasteiger partial charge in [-0.1, -0.05) is 11.3 Å². The molecule has 2 rings (SSSR count). The van der Waals surface area contributed by atoms with Crippen LogP contribution in [0.15, 0.2) is 18.2 Å². The molecule has 1 aromatic heterocycles. The lowest BCUT2D eigenvalue weighted by atomic mass is 10.3. The van der Waals surface area contributed by atoms with Gasteiger partial charge in [0, 0.05) is 28.9 Å². The minimum Gasteiger partial charge on any atom is -0.497 e. The first kappa shape index (κ1) is 13.3. The van der Waals surface area contributed by atoms with Gasteiger partial charge in [-0.25, -0.2) is 4.98 Å². The molecule has 2 unspecified atom stereocenters. The Morgan fingerprint density at radius 2 is 2.33 bits per heavy atom. The van der Waals surface area contributed by atoms with E-state index in [0.29, 0.717) is 6.54 Å². The Bertz CT molecular complexity index is 568. The summed E-state index contributed by atoms with van der Waals surface area (Å²) in [5, 5.41) is 4.20. The number of nitrogens with one attached hydrogen (secondary N) is 1. The molecular weight excluding hydrogens is 268 g/mol. The van der Waals surface area contributed by atoms with E-state index in [1.54, 1.807) is 24.7 Å². The zero-order chi connectivity index (χ0) is 13.1. The van der Waals surface area contributed by atoms with Crippen molar-refractivity contribution in [2.45, 2.75) is 12.2 Å². The van der Waals surface area contributed by atoms with Crippen LogP contribution in [0.5, 0.6) is 5.75 Å². The van der Waals surface area contributed by atoms with Gasteiger partial charge in [0.05, 0.1) is 17.3 Å². The summed E-state index contributed by atoms with van der Waals surface area (Å²) < 4.78 is 17.5. The second-order valence-electron chi connectivity index (χ2n) is 4.04. The van der Waals surface area contributed by atoms with E-state index in [1.165, 1.54) is 0 Å². The average molecular weight is 284 g/mol. The second kappa shape index (κ2) is 5.67. The van der Waals surface area contributed by atoms with Crippen molar-refractivity contribution in [3.63, 3.8) is 0 Å².